The van der Waals surface area contributed by atoms with E-state index in [1.165, 1.54) is 30.4 Å². The van der Waals surface area contributed by atoms with Crippen molar-refractivity contribution in [1.29, 1.82) is 0 Å². The van der Waals surface area contributed by atoms with Crippen molar-refractivity contribution in [3.8, 4) is 0 Å². The summed E-state index contributed by atoms with van der Waals surface area (Å²) in [7, 11) is -3.61. The van der Waals surface area contributed by atoms with Gasteiger partial charge in [0.2, 0.25) is 0 Å². The molecule has 0 saturated heterocycles. The van der Waals surface area contributed by atoms with Crippen LogP contribution in [0.1, 0.15) is 43.7 Å². The Labute approximate surface area is 139 Å². The van der Waals surface area contributed by atoms with Gasteiger partial charge in [-0.25, -0.2) is 4.57 Å². The highest BCUT2D eigenvalue weighted by Crippen LogP contribution is 2.49. The third-order valence-corrected chi connectivity index (χ3v) is 4.73. The Balaban J connectivity index is 2.47. The van der Waals surface area contributed by atoms with Crippen LogP contribution >= 0.6 is 7.82 Å². The molecule has 0 atom stereocenters. The monoisotopic (exact) mass is 338 g/mol. The fourth-order valence-corrected chi connectivity index (χ4v) is 3.21. The minimum Gasteiger partial charge on any atom is -0.404 e. The number of aryl methyl sites for hydroxylation is 2. The molecule has 0 aliphatic heterocycles. The zero-order valence-corrected chi connectivity index (χ0v) is 14.8. The molecule has 5 heteroatoms. The quantitative estimate of drug-likeness (QED) is 0.259. The summed E-state index contributed by atoms with van der Waals surface area (Å²) in [5.41, 5.74) is 2.70. The summed E-state index contributed by atoms with van der Waals surface area (Å²) >= 11 is 0. The van der Waals surface area contributed by atoms with Gasteiger partial charge in [-0.1, -0.05) is 57.2 Å². The Morgan fingerprint density at radius 1 is 1.00 bits per heavy atom. The van der Waals surface area contributed by atoms with E-state index in [-0.39, 0.29) is 6.61 Å². The van der Waals surface area contributed by atoms with Gasteiger partial charge in [0, 0.05) is 0 Å². The Morgan fingerprint density at radius 3 is 2.09 bits per heavy atom. The largest absolute Gasteiger partial charge is 0.586 e. The van der Waals surface area contributed by atoms with E-state index in [0.717, 1.165) is 31.8 Å². The highest BCUT2D eigenvalue weighted by molar-refractivity contribution is 7.48. The van der Waals surface area contributed by atoms with E-state index in [1.807, 2.05) is 6.07 Å². The molecule has 0 fully saturated rings. The number of benzene rings is 1. The van der Waals surface area contributed by atoms with Gasteiger partial charge in [-0.3, -0.25) is 4.52 Å². The first-order valence-corrected chi connectivity index (χ1v) is 9.51. The van der Waals surface area contributed by atoms with Crippen LogP contribution in [-0.4, -0.2) is 6.61 Å². The molecule has 1 rings (SSSR count). The molecule has 23 heavy (non-hydrogen) atoms. The zero-order valence-electron chi connectivity index (χ0n) is 13.9. The van der Waals surface area contributed by atoms with Gasteiger partial charge in [-0.05, 0) is 36.8 Å². The lowest BCUT2D eigenvalue weighted by molar-refractivity contribution is 0.178. The van der Waals surface area contributed by atoms with Crippen LogP contribution in [0.5, 0.6) is 0 Å². The number of phosphoric acid groups is 1. The van der Waals surface area contributed by atoms with Crippen molar-refractivity contribution in [2.24, 2.45) is 0 Å². The first-order chi connectivity index (χ1) is 11.1. The normalized spacial score (nSPS) is 11.0. The van der Waals surface area contributed by atoms with Gasteiger partial charge in [-0.15, -0.1) is 0 Å². The van der Waals surface area contributed by atoms with Crippen molar-refractivity contribution in [3.05, 3.63) is 61.1 Å². The summed E-state index contributed by atoms with van der Waals surface area (Å²) in [5, 5.41) is 0. The highest BCUT2D eigenvalue weighted by atomic mass is 31.2. The van der Waals surface area contributed by atoms with Gasteiger partial charge < -0.3 is 9.05 Å². The molecule has 0 unspecified atom stereocenters. The lowest BCUT2D eigenvalue weighted by Gasteiger charge is -2.14. The van der Waals surface area contributed by atoms with E-state index in [0.29, 0.717) is 0 Å². The molecular formula is C18H27O4P. The van der Waals surface area contributed by atoms with E-state index < -0.39 is 7.82 Å². The molecule has 0 heterocycles. The summed E-state index contributed by atoms with van der Waals surface area (Å²) < 4.78 is 26.9. The topological polar surface area (TPSA) is 44.8 Å². The van der Waals surface area contributed by atoms with E-state index in [9.17, 15) is 4.57 Å². The van der Waals surface area contributed by atoms with Gasteiger partial charge >= 0.3 is 7.82 Å². The highest BCUT2D eigenvalue weighted by Gasteiger charge is 2.26. The minimum absolute atomic E-state index is 0.280. The first kappa shape index (κ1) is 19.5. The van der Waals surface area contributed by atoms with Crippen LogP contribution in [0.2, 0.25) is 0 Å². The second-order valence-corrected chi connectivity index (χ2v) is 6.73. The summed E-state index contributed by atoms with van der Waals surface area (Å²) in [6.45, 7) is 9.21. The van der Waals surface area contributed by atoms with Crippen molar-refractivity contribution < 1.29 is 18.1 Å². The number of rotatable bonds is 13. The first-order valence-electron chi connectivity index (χ1n) is 8.05. The maximum Gasteiger partial charge on any atom is 0.586 e. The van der Waals surface area contributed by atoms with Crippen LogP contribution in [0.4, 0.5) is 0 Å². The molecule has 0 saturated carbocycles. The molecular weight excluding hydrogens is 311 g/mol. The lowest BCUT2D eigenvalue weighted by atomic mass is 9.98. The molecule has 0 spiro atoms. The Kier molecular flexibility index (Phi) is 9.42. The summed E-state index contributed by atoms with van der Waals surface area (Å²) in [5.74, 6) is 0. The van der Waals surface area contributed by atoms with Crippen molar-refractivity contribution in [1.82, 2.24) is 0 Å². The molecule has 0 aliphatic carbocycles. The van der Waals surface area contributed by atoms with E-state index in [4.69, 9.17) is 13.6 Å². The van der Waals surface area contributed by atoms with Gasteiger partial charge in [-0.2, -0.15) is 0 Å². The average molecular weight is 338 g/mol. The predicted octanol–water partition coefficient (Wildman–Crippen LogP) is 5.80. The minimum atomic E-state index is -3.61. The molecule has 0 radical (unpaired) electrons. The second kappa shape index (κ2) is 11.1. The molecule has 1 aromatic carbocycles. The number of phosphoric ester groups is 1. The standard InChI is InChI=1S/C18H27O4P/c1-4-7-8-12-17-13-9-10-14-18(17)15-11-16-22-23(19,20-5-2)21-6-3/h5-6,9-10,13-14H,2-4,7-8,11-12,15-16H2,1H3. The zero-order chi connectivity index (χ0) is 17.0. The van der Waals surface area contributed by atoms with E-state index in [2.05, 4.69) is 38.3 Å². The average Bonchev–Trinajstić information content (AvgIpc) is 2.53. The Bertz CT molecular complexity index is 514. The van der Waals surface area contributed by atoms with Crippen LogP contribution in [0.25, 0.3) is 0 Å². The van der Waals surface area contributed by atoms with Crippen molar-refractivity contribution in [3.63, 3.8) is 0 Å². The Morgan fingerprint density at radius 2 is 1.57 bits per heavy atom. The van der Waals surface area contributed by atoms with E-state index in [1.54, 1.807) is 0 Å². The SMILES string of the molecule is C=COP(=O)(OC=C)OCCCc1ccccc1CCCCC. The number of hydrogen-bond acceptors (Lipinski definition) is 4. The molecule has 0 aromatic heterocycles. The van der Waals surface area contributed by atoms with E-state index >= 15 is 0 Å². The third kappa shape index (κ3) is 7.54. The molecule has 1 aromatic rings. The van der Waals surface area contributed by atoms with Crippen LogP contribution in [-0.2, 0) is 31.0 Å². The fourth-order valence-electron chi connectivity index (χ4n) is 2.32. The van der Waals surface area contributed by atoms with Crippen LogP contribution in [0.15, 0.2) is 49.9 Å². The third-order valence-electron chi connectivity index (χ3n) is 3.42. The van der Waals surface area contributed by atoms with Crippen LogP contribution in [0, 0.1) is 0 Å². The fraction of sp³-hybridized carbons (Fsp3) is 0.444. The van der Waals surface area contributed by atoms with Crippen LogP contribution < -0.4 is 0 Å². The van der Waals surface area contributed by atoms with Crippen LogP contribution in [0.3, 0.4) is 0 Å². The molecule has 0 aliphatic rings. The Hall–Kier alpha value is -1.51. The summed E-state index contributed by atoms with van der Waals surface area (Å²) in [6, 6.07) is 8.44. The van der Waals surface area contributed by atoms with Gasteiger partial charge in [0.1, 0.15) is 0 Å². The summed E-state index contributed by atoms with van der Waals surface area (Å²) in [4.78, 5) is 0. The van der Waals surface area contributed by atoms with Gasteiger partial charge in [0.25, 0.3) is 0 Å². The molecule has 0 amide bonds. The smallest absolute Gasteiger partial charge is 0.404 e. The maximum atomic E-state index is 12.1. The summed E-state index contributed by atoms with van der Waals surface area (Å²) in [6.07, 6.45) is 8.47. The van der Waals surface area contributed by atoms with Gasteiger partial charge in [0.15, 0.2) is 0 Å². The maximum absolute atomic E-state index is 12.1. The van der Waals surface area contributed by atoms with Gasteiger partial charge in [0.05, 0.1) is 19.1 Å². The number of unbranched alkanes of at least 4 members (excludes halogenated alkanes) is 2. The molecule has 0 N–H and O–H groups in total. The second-order valence-electron chi connectivity index (χ2n) is 5.15. The van der Waals surface area contributed by atoms with Crippen molar-refractivity contribution in [2.75, 3.05) is 6.61 Å². The lowest BCUT2D eigenvalue weighted by Crippen LogP contribution is -2.00. The molecule has 128 valence electrons. The molecule has 4 nitrogen and oxygen atoms in total. The van der Waals surface area contributed by atoms with Crippen molar-refractivity contribution in [2.45, 2.75) is 45.4 Å². The number of hydrogen-bond donors (Lipinski definition) is 0. The predicted molar refractivity (Wildman–Crippen MR) is 94.1 cm³/mol. The van der Waals surface area contributed by atoms with Crippen molar-refractivity contribution >= 4 is 7.82 Å². The molecule has 0 bridgehead atoms.